The molecule has 0 saturated heterocycles. The highest BCUT2D eigenvalue weighted by molar-refractivity contribution is 6.33. The molecule has 28 heavy (non-hydrogen) atoms. The average Bonchev–Trinajstić information content (AvgIpc) is 3.06. The number of aryl methyl sites for hydroxylation is 1. The van der Waals surface area contributed by atoms with Gasteiger partial charge in [-0.15, -0.1) is 0 Å². The molecule has 3 rings (SSSR count). The summed E-state index contributed by atoms with van der Waals surface area (Å²) < 4.78 is 30.2. The molecule has 0 saturated carbocycles. The predicted molar refractivity (Wildman–Crippen MR) is 103 cm³/mol. The van der Waals surface area contributed by atoms with Gasteiger partial charge in [0.2, 0.25) is 6.41 Å². The van der Waals surface area contributed by atoms with E-state index >= 15 is 0 Å². The molecular formula is C20H18ClFN2O4. The monoisotopic (exact) mass is 404 g/mol. The fourth-order valence-corrected chi connectivity index (χ4v) is 3.19. The van der Waals surface area contributed by atoms with Crippen molar-refractivity contribution in [3.05, 3.63) is 58.6 Å². The van der Waals surface area contributed by atoms with Gasteiger partial charge in [-0.2, -0.15) is 0 Å². The lowest BCUT2D eigenvalue weighted by Crippen LogP contribution is -2.21. The first-order chi connectivity index (χ1) is 13.5. The third kappa shape index (κ3) is 3.66. The number of ether oxygens (including phenoxy) is 2. The second-order valence-corrected chi connectivity index (χ2v) is 6.36. The maximum Gasteiger partial charge on any atom is 0.214 e. The molecule has 1 aromatic heterocycles. The van der Waals surface area contributed by atoms with Crippen molar-refractivity contribution >= 4 is 23.7 Å². The lowest BCUT2D eigenvalue weighted by molar-refractivity contribution is -0.107. The topological polar surface area (TPSA) is 64.8 Å². The van der Waals surface area contributed by atoms with Crippen LogP contribution in [0.15, 0.2) is 40.9 Å². The van der Waals surface area contributed by atoms with Crippen LogP contribution in [0.5, 0.6) is 11.5 Å². The molecule has 146 valence electrons. The van der Waals surface area contributed by atoms with E-state index in [0.717, 1.165) is 5.56 Å². The Kier molecular flexibility index (Phi) is 5.84. The SMILES string of the molecule is COc1ccc(CN(C=O)c2c(-c3c(F)cccc3Cl)noc2C)cc1OC. The summed E-state index contributed by atoms with van der Waals surface area (Å²) in [5, 5.41) is 4.11. The minimum Gasteiger partial charge on any atom is -0.493 e. The van der Waals surface area contributed by atoms with E-state index < -0.39 is 5.82 Å². The normalized spacial score (nSPS) is 10.6. The summed E-state index contributed by atoms with van der Waals surface area (Å²) in [6, 6.07) is 9.62. The fourth-order valence-electron chi connectivity index (χ4n) is 2.94. The molecule has 6 nitrogen and oxygen atoms in total. The zero-order valence-corrected chi connectivity index (χ0v) is 16.3. The van der Waals surface area contributed by atoms with E-state index in [-0.39, 0.29) is 22.8 Å². The summed E-state index contributed by atoms with van der Waals surface area (Å²) in [5.41, 5.74) is 1.36. The van der Waals surface area contributed by atoms with Crippen molar-refractivity contribution in [2.75, 3.05) is 19.1 Å². The minimum atomic E-state index is -0.556. The van der Waals surface area contributed by atoms with E-state index in [1.165, 1.54) is 24.1 Å². The molecule has 0 spiro atoms. The smallest absolute Gasteiger partial charge is 0.214 e. The summed E-state index contributed by atoms with van der Waals surface area (Å²) in [7, 11) is 3.07. The van der Waals surface area contributed by atoms with E-state index in [1.807, 2.05) is 0 Å². The zero-order chi connectivity index (χ0) is 20.3. The highest BCUT2D eigenvalue weighted by atomic mass is 35.5. The Bertz CT molecular complexity index is 986. The minimum absolute atomic E-state index is 0.0789. The number of methoxy groups -OCH3 is 2. The number of carbonyl (C=O) groups is 1. The molecular weight excluding hydrogens is 387 g/mol. The van der Waals surface area contributed by atoms with Crippen LogP contribution in [0.25, 0.3) is 11.3 Å². The van der Waals surface area contributed by atoms with Crippen molar-refractivity contribution in [2.45, 2.75) is 13.5 Å². The number of benzene rings is 2. The number of hydrogen-bond acceptors (Lipinski definition) is 5. The fraction of sp³-hybridized carbons (Fsp3) is 0.200. The summed E-state index contributed by atoms with van der Waals surface area (Å²) in [6.45, 7) is 1.83. The molecule has 8 heteroatoms. The van der Waals surface area contributed by atoms with Crippen LogP contribution < -0.4 is 14.4 Å². The summed E-state index contributed by atoms with van der Waals surface area (Å²) in [6.07, 6.45) is 0.633. The standard InChI is InChI=1S/C20H18ClFN2O4/c1-12-20(19(23-28-12)18-14(21)5-4-6-15(18)22)24(11-25)10-13-7-8-16(26-2)17(9-13)27-3/h4-9,11H,10H2,1-3H3. The number of hydrogen-bond donors (Lipinski definition) is 0. The van der Waals surface area contributed by atoms with E-state index in [2.05, 4.69) is 5.16 Å². The van der Waals surface area contributed by atoms with Crippen LogP contribution in [-0.4, -0.2) is 25.8 Å². The van der Waals surface area contributed by atoms with Crippen molar-refractivity contribution < 1.29 is 23.2 Å². The molecule has 0 radical (unpaired) electrons. The second-order valence-electron chi connectivity index (χ2n) is 5.96. The number of halogens is 2. The van der Waals surface area contributed by atoms with E-state index in [0.29, 0.717) is 29.4 Å². The zero-order valence-electron chi connectivity index (χ0n) is 15.5. The van der Waals surface area contributed by atoms with Gasteiger partial charge in [-0.25, -0.2) is 4.39 Å². The molecule has 0 bridgehead atoms. The predicted octanol–water partition coefficient (Wildman–Crippen LogP) is 4.62. The van der Waals surface area contributed by atoms with Crippen LogP contribution in [0, 0.1) is 12.7 Å². The highest BCUT2D eigenvalue weighted by Crippen LogP contribution is 2.39. The molecule has 0 N–H and O–H groups in total. The van der Waals surface area contributed by atoms with Gasteiger partial charge >= 0.3 is 0 Å². The first-order valence-electron chi connectivity index (χ1n) is 8.33. The van der Waals surface area contributed by atoms with E-state index in [9.17, 15) is 9.18 Å². The van der Waals surface area contributed by atoms with Gasteiger partial charge in [0.1, 0.15) is 17.2 Å². The number of amides is 1. The molecule has 0 aliphatic heterocycles. The molecule has 1 heterocycles. The van der Waals surface area contributed by atoms with Crippen molar-refractivity contribution in [2.24, 2.45) is 0 Å². The number of carbonyl (C=O) groups excluding carboxylic acids is 1. The lowest BCUT2D eigenvalue weighted by Gasteiger charge is -2.19. The number of nitrogens with zero attached hydrogens (tertiary/aromatic N) is 2. The first kappa shape index (κ1) is 19.7. The molecule has 0 unspecified atom stereocenters. The van der Waals surface area contributed by atoms with Gasteiger partial charge in [0.15, 0.2) is 17.3 Å². The average molecular weight is 405 g/mol. The summed E-state index contributed by atoms with van der Waals surface area (Å²) >= 11 is 6.17. The molecule has 2 aromatic carbocycles. The molecule has 1 amide bonds. The van der Waals surface area contributed by atoms with Gasteiger partial charge < -0.3 is 18.9 Å². The Morgan fingerprint density at radius 2 is 1.96 bits per heavy atom. The van der Waals surface area contributed by atoms with Gasteiger partial charge in [0.05, 0.1) is 31.4 Å². The van der Waals surface area contributed by atoms with Crippen LogP contribution >= 0.6 is 11.6 Å². The van der Waals surface area contributed by atoms with Crippen LogP contribution in [-0.2, 0) is 11.3 Å². The Morgan fingerprint density at radius 3 is 2.61 bits per heavy atom. The third-order valence-electron chi connectivity index (χ3n) is 4.25. The van der Waals surface area contributed by atoms with Crippen molar-refractivity contribution in [1.82, 2.24) is 5.16 Å². The molecule has 3 aromatic rings. The van der Waals surface area contributed by atoms with Crippen LogP contribution in [0.1, 0.15) is 11.3 Å². The van der Waals surface area contributed by atoms with Gasteiger partial charge in [-0.05, 0) is 36.8 Å². The van der Waals surface area contributed by atoms with Gasteiger partial charge in [0, 0.05) is 0 Å². The van der Waals surface area contributed by atoms with E-state index in [1.54, 1.807) is 38.3 Å². The molecule has 0 aliphatic carbocycles. The number of anilines is 1. The maximum absolute atomic E-state index is 14.4. The van der Waals surface area contributed by atoms with Gasteiger partial charge in [-0.3, -0.25) is 4.79 Å². The Labute approximate surface area is 166 Å². The molecule has 0 atom stereocenters. The lowest BCUT2D eigenvalue weighted by atomic mass is 10.1. The second kappa shape index (κ2) is 8.31. The molecule has 0 fully saturated rings. The molecule has 0 aliphatic rings. The summed E-state index contributed by atoms with van der Waals surface area (Å²) in [4.78, 5) is 13.2. The van der Waals surface area contributed by atoms with Crippen molar-refractivity contribution in [1.29, 1.82) is 0 Å². The first-order valence-corrected chi connectivity index (χ1v) is 8.71. The quantitative estimate of drug-likeness (QED) is 0.537. The number of aromatic nitrogens is 1. The highest BCUT2D eigenvalue weighted by Gasteiger charge is 2.25. The maximum atomic E-state index is 14.4. The van der Waals surface area contributed by atoms with Gasteiger partial charge in [-0.1, -0.05) is 28.9 Å². The Hall–Kier alpha value is -3.06. The van der Waals surface area contributed by atoms with Crippen molar-refractivity contribution in [3.63, 3.8) is 0 Å². The third-order valence-corrected chi connectivity index (χ3v) is 4.56. The van der Waals surface area contributed by atoms with E-state index in [4.69, 9.17) is 25.6 Å². The van der Waals surface area contributed by atoms with Crippen LogP contribution in [0.3, 0.4) is 0 Å². The number of rotatable bonds is 7. The Morgan fingerprint density at radius 1 is 1.21 bits per heavy atom. The van der Waals surface area contributed by atoms with Crippen LogP contribution in [0.4, 0.5) is 10.1 Å². The summed E-state index contributed by atoms with van der Waals surface area (Å²) in [5.74, 6) is 0.912. The Balaban J connectivity index is 2.03. The largest absolute Gasteiger partial charge is 0.493 e. The van der Waals surface area contributed by atoms with Crippen molar-refractivity contribution in [3.8, 4) is 22.8 Å². The van der Waals surface area contributed by atoms with Gasteiger partial charge in [0.25, 0.3) is 0 Å². The van der Waals surface area contributed by atoms with Crippen LogP contribution in [0.2, 0.25) is 5.02 Å².